The summed E-state index contributed by atoms with van der Waals surface area (Å²) in [6.45, 7) is 11.8. The van der Waals surface area contributed by atoms with E-state index < -0.39 is 0 Å². The van der Waals surface area contributed by atoms with Gasteiger partial charge in [0.15, 0.2) is 0 Å². The van der Waals surface area contributed by atoms with Gasteiger partial charge < -0.3 is 10.6 Å². The Morgan fingerprint density at radius 2 is 2.00 bits per heavy atom. The average molecular weight is 316 g/mol. The lowest BCUT2D eigenvalue weighted by Gasteiger charge is -2.33. The first-order chi connectivity index (χ1) is 10.7. The number of anilines is 1. The molecule has 1 fully saturated rings. The Labute approximate surface area is 138 Å². The van der Waals surface area contributed by atoms with Crippen LogP contribution in [0.25, 0.3) is 0 Å². The predicted molar refractivity (Wildman–Crippen MR) is 91.5 cm³/mol. The Balaban J connectivity index is 1.84. The number of aromatic nitrogens is 2. The van der Waals surface area contributed by atoms with Crippen LogP contribution < -0.4 is 10.6 Å². The molecule has 1 aromatic heterocycles. The van der Waals surface area contributed by atoms with E-state index in [9.17, 15) is 4.79 Å². The Morgan fingerprint density at radius 1 is 1.26 bits per heavy atom. The maximum absolute atomic E-state index is 12.5. The molecule has 0 saturated carbocycles. The second-order valence-corrected chi connectivity index (χ2v) is 8.63. The first-order valence-corrected chi connectivity index (χ1v) is 8.60. The molecule has 5 heteroatoms. The van der Waals surface area contributed by atoms with Crippen LogP contribution in [0.4, 0.5) is 5.82 Å². The van der Waals surface area contributed by atoms with Gasteiger partial charge in [0.2, 0.25) is 5.91 Å². The molecule has 2 N–H and O–H groups in total. The maximum Gasteiger partial charge on any atom is 0.233 e. The summed E-state index contributed by atoms with van der Waals surface area (Å²) >= 11 is 0. The van der Waals surface area contributed by atoms with Gasteiger partial charge in [0.1, 0.15) is 11.6 Å². The molecule has 1 saturated heterocycles. The zero-order chi connectivity index (χ0) is 16.8. The Bertz CT molecular complexity index is 612. The van der Waals surface area contributed by atoms with Gasteiger partial charge in [-0.15, -0.1) is 0 Å². The molecule has 3 rings (SSSR count). The molecule has 0 aliphatic carbocycles. The Hall–Kier alpha value is -1.49. The van der Waals surface area contributed by atoms with Crippen molar-refractivity contribution in [1.29, 1.82) is 0 Å². The van der Waals surface area contributed by atoms with E-state index in [0.717, 1.165) is 24.4 Å². The SMILES string of the molecule is CC(C)(C)c1ncc2c(n1)NC(=O)C2CC(C)(C)C1CCCN1. The smallest absolute Gasteiger partial charge is 0.233 e. The molecule has 2 aliphatic heterocycles. The molecular weight excluding hydrogens is 288 g/mol. The first kappa shape index (κ1) is 16.4. The second-order valence-electron chi connectivity index (χ2n) is 8.63. The van der Waals surface area contributed by atoms with Crippen molar-refractivity contribution >= 4 is 11.7 Å². The lowest BCUT2D eigenvalue weighted by atomic mass is 9.75. The third-order valence-corrected chi connectivity index (χ3v) is 5.16. The average Bonchev–Trinajstić information content (AvgIpc) is 3.07. The molecule has 2 aliphatic rings. The molecular formula is C18H28N4O. The van der Waals surface area contributed by atoms with Crippen LogP contribution in [0.1, 0.15) is 71.2 Å². The second kappa shape index (κ2) is 5.55. The van der Waals surface area contributed by atoms with Crippen LogP contribution >= 0.6 is 0 Å². The number of amides is 1. The van der Waals surface area contributed by atoms with Crippen molar-refractivity contribution in [3.63, 3.8) is 0 Å². The molecule has 126 valence electrons. The first-order valence-electron chi connectivity index (χ1n) is 8.60. The van der Waals surface area contributed by atoms with Gasteiger partial charge in [0, 0.05) is 23.2 Å². The molecule has 0 bridgehead atoms. The summed E-state index contributed by atoms with van der Waals surface area (Å²) in [4.78, 5) is 21.6. The van der Waals surface area contributed by atoms with Crippen LogP contribution in [0.15, 0.2) is 6.20 Å². The summed E-state index contributed by atoms with van der Waals surface area (Å²) in [7, 11) is 0. The zero-order valence-corrected chi connectivity index (χ0v) is 14.9. The van der Waals surface area contributed by atoms with Crippen molar-refractivity contribution in [2.75, 3.05) is 11.9 Å². The number of rotatable bonds is 3. The standard InChI is InChI=1S/C18H28N4O/c1-17(2,3)16-20-10-12-11(15(23)21-14(12)22-16)9-18(4,5)13-7-6-8-19-13/h10-11,13,19H,6-9H2,1-5H3,(H,20,21,22,23). The summed E-state index contributed by atoms with van der Waals surface area (Å²) in [6, 6.07) is 0.481. The van der Waals surface area contributed by atoms with Gasteiger partial charge in [-0.25, -0.2) is 9.97 Å². The maximum atomic E-state index is 12.5. The van der Waals surface area contributed by atoms with Gasteiger partial charge in [-0.3, -0.25) is 4.79 Å². The normalized spacial score (nSPS) is 24.7. The van der Waals surface area contributed by atoms with Crippen molar-refractivity contribution in [1.82, 2.24) is 15.3 Å². The molecule has 1 aromatic rings. The number of fused-ring (bicyclic) bond motifs is 1. The number of carbonyl (C=O) groups excluding carboxylic acids is 1. The summed E-state index contributed by atoms with van der Waals surface area (Å²) in [5.74, 6) is 1.40. The highest BCUT2D eigenvalue weighted by atomic mass is 16.2. The summed E-state index contributed by atoms with van der Waals surface area (Å²) in [5, 5.41) is 6.54. The lowest BCUT2D eigenvalue weighted by molar-refractivity contribution is -0.117. The third kappa shape index (κ3) is 3.11. The van der Waals surface area contributed by atoms with Crippen LogP contribution in [0.3, 0.4) is 0 Å². The fourth-order valence-electron chi connectivity index (χ4n) is 3.68. The van der Waals surface area contributed by atoms with E-state index in [1.54, 1.807) is 0 Å². The van der Waals surface area contributed by atoms with Crippen LogP contribution in [-0.4, -0.2) is 28.5 Å². The van der Waals surface area contributed by atoms with Crippen LogP contribution in [-0.2, 0) is 10.2 Å². The van der Waals surface area contributed by atoms with Crippen molar-refractivity contribution in [3.05, 3.63) is 17.6 Å². The van der Waals surface area contributed by atoms with Crippen molar-refractivity contribution in [3.8, 4) is 0 Å². The third-order valence-electron chi connectivity index (χ3n) is 5.16. The summed E-state index contributed by atoms with van der Waals surface area (Å²) in [6.07, 6.45) is 5.08. The van der Waals surface area contributed by atoms with E-state index in [-0.39, 0.29) is 22.7 Å². The van der Waals surface area contributed by atoms with Crippen molar-refractivity contribution < 1.29 is 4.79 Å². The van der Waals surface area contributed by atoms with Crippen LogP contribution in [0.2, 0.25) is 0 Å². The molecule has 0 radical (unpaired) electrons. The minimum Gasteiger partial charge on any atom is -0.313 e. The van der Waals surface area contributed by atoms with Crippen molar-refractivity contribution in [2.24, 2.45) is 5.41 Å². The van der Waals surface area contributed by atoms with E-state index in [2.05, 4.69) is 55.2 Å². The minimum atomic E-state index is -0.142. The molecule has 23 heavy (non-hydrogen) atoms. The van der Waals surface area contributed by atoms with Gasteiger partial charge >= 0.3 is 0 Å². The molecule has 0 aromatic carbocycles. The highest BCUT2D eigenvalue weighted by Gasteiger charge is 2.40. The number of hydrogen-bond donors (Lipinski definition) is 2. The van der Waals surface area contributed by atoms with E-state index in [1.165, 1.54) is 12.8 Å². The zero-order valence-electron chi connectivity index (χ0n) is 14.9. The molecule has 2 unspecified atom stereocenters. The number of carbonyl (C=O) groups is 1. The monoisotopic (exact) mass is 316 g/mol. The van der Waals surface area contributed by atoms with E-state index in [1.807, 2.05) is 6.20 Å². The summed E-state index contributed by atoms with van der Waals surface area (Å²) in [5.41, 5.74) is 0.905. The van der Waals surface area contributed by atoms with Gasteiger partial charge in [-0.05, 0) is 31.2 Å². The highest BCUT2D eigenvalue weighted by Crippen LogP contribution is 2.42. The fourth-order valence-corrected chi connectivity index (χ4v) is 3.68. The fraction of sp³-hybridized carbons (Fsp3) is 0.722. The number of nitrogens with zero attached hydrogens (tertiary/aromatic N) is 2. The van der Waals surface area contributed by atoms with Gasteiger partial charge in [0.05, 0.1) is 5.92 Å². The molecule has 5 nitrogen and oxygen atoms in total. The highest BCUT2D eigenvalue weighted by molar-refractivity contribution is 6.01. The Kier molecular flexibility index (Phi) is 3.95. The van der Waals surface area contributed by atoms with E-state index >= 15 is 0 Å². The van der Waals surface area contributed by atoms with Gasteiger partial charge in [0.25, 0.3) is 0 Å². The Morgan fingerprint density at radius 3 is 2.61 bits per heavy atom. The van der Waals surface area contributed by atoms with Crippen LogP contribution in [0.5, 0.6) is 0 Å². The number of nitrogens with one attached hydrogen (secondary N) is 2. The van der Waals surface area contributed by atoms with Gasteiger partial charge in [-0.2, -0.15) is 0 Å². The predicted octanol–water partition coefficient (Wildman–Crippen LogP) is 2.98. The molecule has 3 heterocycles. The molecule has 2 atom stereocenters. The summed E-state index contributed by atoms with van der Waals surface area (Å²) < 4.78 is 0. The molecule has 0 spiro atoms. The van der Waals surface area contributed by atoms with Gasteiger partial charge in [-0.1, -0.05) is 34.6 Å². The largest absolute Gasteiger partial charge is 0.313 e. The lowest BCUT2D eigenvalue weighted by Crippen LogP contribution is -2.39. The van der Waals surface area contributed by atoms with Crippen LogP contribution in [0, 0.1) is 5.41 Å². The minimum absolute atomic E-state index is 0.0615. The van der Waals surface area contributed by atoms with E-state index in [4.69, 9.17) is 0 Å². The topological polar surface area (TPSA) is 66.9 Å². The molecule has 1 amide bonds. The quantitative estimate of drug-likeness (QED) is 0.899. The number of hydrogen-bond acceptors (Lipinski definition) is 4. The van der Waals surface area contributed by atoms with Crippen molar-refractivity contribution in [2.45, 2.75) is 71.3 Å². The van der Waals surface area contributed by atoms with E-state index in [0.29, 0.717) is 11.9 Å².